The van der Waals surface area contributed by atoms with Gasteiger partial charge in [0.1, 0.15) is 22.9 Å². The van der Waals surface area contributed by atoms with Gasteiger partial charge in [-0.1, -0.05) is 25.1 Å². The molecule has 0 bridgehead atoms. The molecule has 1 aromatic carbocycles. The highest BCUT2D eigenvalue weighted by molar-refractivity contribution is 5.99. The van der Waals surface area contributed by atoms with Crippen LogP contribution in [0.25, 0.3) is 11.4 Å². The standard InChI is InChI=1S/C23H27N5O4/c1-15(2)22-25-21(26-32-22)16-8-9-19(24-14-16)27-10-12-28(13-11-27)23(29)20-17(30-3)6-5-7-18(20)31-4/h5-9,14-15H,10-13H2,1-4H3. The first kappa shape index (κ1) is 21.6. The Morgan fingerprint density at radius 2 is 1.72 bits per heavy atom. The Morgan fingerprint density at radius 1 is 1.03 bits per heavy atom. The second kappa shape index (κ2) is 9.25. The van der Waals surface area contributed by atoms with Gasteiger partial charge in [0.15, 0.2) is 0 Å². The van der Waals surface area contributed by atoms with E-state index >= 15 is 0 Å². The molecule has 9 nitrogen and oxygen atoms in total. The van der Waals surface area contributed by atoms with E-state index in [0.717, 1.165) is 11.4 Å². The van der Waals surface area contributed by atoms with E-state index < -0.39 is 0 Å². The minimum atomic E-state index is -0.0969. The van der Waals surface area contributed by atoms with E-state index in [2.05, 4.69) is 20.0 Å². The van der Waals surface area contributed by atoms with Crippen LogP contribution in [0.2, 0.25) is 0 Å². The Kier molecular flexibility index (Phi) is 6.25. The fourth-order valence-electron chi connectivity index (χ4n) is 3.65. The van der Waals surface area contributed by atoms with Crippen LogP contribution in [0.5, 0.6) is 11.5 Å². The molecule has 1 saturated heterocycles. The van der Waals surface area contributed by atoms with Crippen molar-refractivity contribution in [2.45, 2.75) is 19.8 Å². The van der Waals surface area contributed by atoms with Gasteiger partial charge in [0.2, 0.25) is 11.7 Å². The summed E-state index contributed by atoms with van der Waals surface area (Å²) in [5.74, 6) is 3.10. The average molecular weight is 438 g/mol. The quantitative estimate of drug-likeness (QED) is 0.580. The van der Waals surface area contributed by atoms with Gasteiger partial charge in [-0.3, -0.25) is 4.79 Å². The second-order valence-corrected chi connectivity index (χ2v) is 7.83. The van der Waals surface area contributed by atoms with Crippen molar-refractivity contribution in [3.05, 3.63) is 48.0 Å². The molecule has 3 aromatic rings. The molecule has 1 aliphatic heterocycles. The molecular weight excluding hydrogens is 410 g/mol. The third-order valence-corrected chi connectivity index (χ3v) is 5.47. The van der Waals surface area contributed by atoms with Crippen LogP contribution in [-0.4, -0.2) is 66.3 Å². The minimum Gasteiger partial charge on any atom is -0.496 e. The number of carbonyl (C=O) groups excluding carboxylic acids is 1. The first-order valence-corrected chi connectivity index (χ1v) is 10.6. The van der Waals surface area contributed by atoms with Gasteiger partial charge in [-0.05, 0) is 24.3 Å². The van der Waals surface area contributed by atoms with Crippen molar-refractivity contribution in [1.29, 1.82) is 0 Å². The lowest BCUT2D eigenvalue weighted by molar-refractivity contribution is 0.0739. The molecule has 3 heterocycles. The molecule has 0 aliphatic carbocycles. The fraction of sp³-hybridized carbons (Fsp3) is 0.391. The van der Waals surface area contributed by atoms with Crippen LogP contribution >= 0.6 is 0 Å². The highest BCUT2D eigenvalue weighted by atomic mass is 16.5. The molecule has 32 heavy (non-hydrogen) atoms. The molecule has 0 N–H and O–H groups in total. The number of aromatic nitrogens is 3. The SMILES string of the molecule is COc1cccc(OC)c1C(=O)N1CCN(c2ccc(-c3noc(C(C)C)n3)cn2)CC1. The predicted molar refractivity (Wildman–Crippen MR) is 119 cm³/mol. The van der Waals surface area contributed by atoms with Gasteiger partial charge >= 0.3 is 0 Å². The number of piperazine rings is 1. The van der Waals surface area contributed by atoms with Crippen LogP contribution in [0.3, 0.4) is 0 Å². The first-order chi connectivity index (χ1) is 15.5. The van der Waals surface area contributed by atoms with E-state index in [9.17, 15) is 4.79 Å². The zero-order chi connectivity index (χ0) is 22.7. The summed E-state index contributed by atoms with van der Waals surface area (Å²) >= 11 is 0. The summed E-state index contributed by atoms with van der Waals surface area (Å²) in [6, 6.07) is 9.23. The van der Waals surface area contributed by atoms with Crippen molar-refractivity contribution in [2.75, 3.05) is 45.3 Å². The van der Waals surface area contributed by atoms with Crippen molar-refractivity contribution in [3.63, 3.8) is 0 Å². The van der Waals surface area contributed by atoms with Gasteiger partial charge in [-0.2, -0.15) is 4.98 Å². The van der Waals surface area contributed by atoms with E-state index in [1.807, 2.05) is 30.9 Å². The number of hydrogen-bond acceptors (Lipinski definition) is 8. The highest BCUT2D eigenvalue weighted by Gasteiger charge is 2.27. The molecule has 0 spiro atoms. The molecule has 2 aromatic heterocycles. The maximum atomic E-state index is 13.2. The summed E-state index contributed by atoms with van der Waals surface area (Å²) < 4.78 is 16.1. The van der Waals surface area contributed by atoms with E-state index in [4.69, 9.17) is 14.0 Å². The Labute approximate surface area is 187 Å². The summed E-state index contributed by atoms with van der Waals surface area (Å²) in [6.07, 6.45) is 1.75. The molecule has 1 fully saturated rings. The summed E-state index contributed by atoms with van der Waals surface area (Å²) in [7, 11) is 3.11. The van der Waals surface area contributed by atoms with Crippen LogP contribution in [0.15, 0.2) is 41.1 Å². The molecule has 1 amide bonds. The Morgan fingerprint density at radius 3 is 2.25 bits per heavy atom. The average Bonchev–Trinajstić information content (AvgIpc) is 3.34. The van der Waals surface area contributed by atoms with Gasteiger partial charge < -0.3 is 23.8 Å². The number of methoxy groups -OCH3 is 2. The maximum Gasteiger partial charge on any atom is 0.261 e. The highest BCUT2D eigenvalue weighted by Crippen LogP contribution is 2.30. The largest absolute Gasteiger partial charge is 0.496 e. The van der Waals surface area contributed by atoms with Crippen LogP contribution in [0.4, 0.5) is 5.82 Å². The number of anilines is 1. The molecule has 0 radical (unpaired) electrons. The maximum absolute atomic E-state index is 13.2. The number of pyridine rings is 1. The molecule has 0 saturated carbocycles. The first-order valence-electron chi connectivity index (χ1n) is 10.6. The number of rotatable bonds is 6. The summed E-state index contributed by atoms with van der Waals surface area (Å²) in [6.45, 7) is 6.52. The van der Waals surface area contributed by atoms with Gasteiger partial charge in [0.25, 0.3) is 5.91 Å². The second-order valence-electron chi connectivity index (χ2n) is 7.83. The lowest BCUT2D eigenvalue weighted by atomic mass is 10.1. The zero-order valence-corrected chi connectivity index (χ0v) is 18.7. The predicted octanol–water partition coefficient (Wildman–Crippen LogP) is 3.23. The fourth-order valence-corrected chi connectivity index (χ4v) is 3.65. The van der Waals surface area contributed by atoms with Crippen LogP contribution < -0.4 is 14.4 Å². The number of amides is 1. The molecule has 1 aliphatic rings. The number of ether oxygens (including phenoxy) is 2. The Hall–Kier alpha value is -3.62. The molecule has 4 rings (SSSR count). The summed E-state index contributed by atoms with van der Waals surface area (Å²) in [5.41, 5.74) is 1.26. The number of hydrogen-bond donors (Lipinski definition) is 0. The number of carbonyl (C=O) groups is 1. The van der Waals surface area contributed by atoms with E-state index in [-0.39, 0.29) is 11.8 Å². The monoisotopic (exact) mass is 437 g/mol. The molecule has 0 atom stereocenters. The van der Waals surface area contributed by atoms with Crippen molar-refractivity contribution in [3.8, 4) is 22.9 Å². The summed E-state index contributed by atoms with van der Waals surface area (Å²) in [4.78, 5) is 26.1. The summed E-state index contributed by atoms with van der Waals surface area (Å²) in [5, 5.41) is 4.03. The van der Waals surface area contributed by atoms with E-state index in [1.54, 1.807) is 38.6 Å². The smallest absolute Gasteiger partial charge is 0.261 e. The van der Waals surface area contributed by atoms with Crippen LogP contribution in [-0.2, 0) is 0 Å². The van der Waals surface area contributed by atoms with Crippen LogP contribution in [0, 0.1) is 0 Å². The van der Waals surface area contributed by atoms with Crippen molar-refractivity contribution in [1.82, 2.24) is 20.0 Å². The number of nitrogens with zero attached hydrogens (tertiary/aromatic N) is 5. The molecule has 9 heteroatoms. The molecule has 168 valence electrons. The normalized spacial score (nSPS) is 14.0. The van der Waals surface area contributed by atoms with Gasteiger partial charge in [0.05, 0.1) is 14.2 Å². The van der Waals surface area contributed by atoms with E-state index in [0.29, 0.717) is 55.0 Å². The van der Waals surface area contributed by atoms with Crippen molar-refractivity contribution < 1.29 is 18.8 Å². The van der Waals surface area contributed by atoms with Gasteiger partial charge in [-0.15, -0.1) is 0 Å². The van der Waals surface area contributed by atoms with Gasteiger partial charge in [0, 0.05) is 43.9 Å². The van der Waals surface area contributed by atoms with Crippen LogP contribution in [0.1, 0.15) is 36.0 Å². The topological polar surface area (TPSA) is 93.8 Å². The third kappa shape index (κ3) is 4.23. The van der Waals surface area contributed by atoms with Crippen molar-refractivity contribution >= 4 is 11.7 Å². The third-order valence-electron chi connectivity index (χ3n) is 5.47. The zero-order valence-electron chi connectivity index (χ0n) is 18.7. The molecule has 0 unspecified atom stereocenters. The minimum absolute atomic E-state index is 0.0969. The lowest BCUT2D eigenvalue weighted by Crippen LogP contribution is -2.49. The molecular formula is C23H27N5O4. The lowest BCUT2D eigenvalue weighted by Gasteiger charge is -2.35. The van der Waals surface area contributed by atoms with Crippen molar-refractivity contribution in [2.24, 2.45) is 0 Å². The van der Waals surface area contributed by atoms with Gasteiger partial charge in [-0.25, -0.2) is 4.98 Å². The Balaban J connectivity index is 1.42. The number of benzene rings is 1. The van der Waals surface area contributed by atoms with E-state index in [1.165, 1.54) is 0 Å². The Bertz CT molecular complexity index is 1050.